The smallest absolute Gasteiger partial charge is 0.187 e. The average molecular weight is 193 g/mol. The van der Waals surface area contributed by atoms with Crippen LogP contribution in [0.4, 0.5) is 0 Å². The van der Waals surface area contributed by atoms with Crippen LogP contribution in [0.2, 0.25) is 0 Å². The van der Waals surface area contributed by atoms with Crippen molar-refractivity contribution in [3.8, 4) is 0 Å². The highest BCUT2D eigenvalue weighted by Gasteiger charge is 2.45. The summed E-state index contributed by atoms with van der Waals surface area (Å²) < 4.78 is 16.5. The molecule has 3 atom stereocenters. The highest BCUT2D eigenvalue weighted by atomic mass is 35.5. The number of alkyl halides is 1. The van der Waals surface area contributed by atoms with Gasteiger partial charge >= 0.3 is 0 Å². The molecular weight excluding hydrogens is 180 g/mol. The van der Waals surface area contributed by atoms with E-state index in [4.69, 9.17) is 25.8 Å². The minimum Gasteiger partial charge on any atom is -0.348 e. The molecule has 3 nitrogen and oxygen atoms in total. The lowest BCUT2D eigenvalue weighted by atomic mass is 10.1. The molecule has 0 N–H and O–H groups in total. The Kier molecular flexibility index (Phi) is 2.07. The van der Waals surface area contributed by atoms with Crippen LogP contribution >= 0.6 is 11.6 Å². The molecule has 0 aromatic carbocycles. The van der Waals surface area contributed by atoms with Gasteiger partial charge in [-0.25, -0.2) is 0 Å². The molecule has 2 aliphatic heterocycles. The Morgan fingerprint density at radius 3 is 2.83 bits per heavy atom. The van der Waals surface area contributed by atoms with E-state index in [2.05, 4.69) is 0 Å². The highest BCUT2D eigenvalue weighted by molar-refractivity contribution is 6.20. The quantitative estimate of drug-likeness (QED) is 0.545. The van der Waals surface area contributed by atoms with Crippen LogP contribution in [0.15, 0.2) is 0 Å². The van der Waals surface area contributed by atoms with Crippen molar-refractivity contribution in [3.05, 3.63) is 0 Å². The van der Waals surface area contributed by atoms with Gasteiger partial charge in [0.1, 0.15) is 6.10 Å². The summed E-state index contributed by atoms with van der Waals surface area (Å²) in [5, 5.41) is 0.0590. The fourth-order valence-electron chi connectivity index (χ4n) is 1.62. The summed E-state index contributed by atoms with van der Waals surface area (Å²) in [4.78, 5) is 0. The normalized spacial score (nSPS) is 45.8. The molecule has 4 heteroatoms. The third kappa shape index (κ3) is 1.59. The summed E-state index contributed by atoms with van der Waals surface area (Å²) in [6, 6.07) is 0. The molecule has 0 spiro atoms. The molecule has 2 heterocycles. The van der Waals surface area contributed by atoms with Crippen molar-refractivity contribution < 1.29 is 14.2 Å². The van der Waals surface area contributed by atoms with E-state index in [1.165, 1.54) is 0 Å². The molecule has 0 radical (unpaired) electrons. The number of halogens is 1. The Bertz CT molecular complexity index is 183. The molecule has 2 rings (SSSR count). The Morgan fingerprint density at radius 1 is 1.33 bits per heavy atom. The monoisotopic (exact) mass is 192 g/mol. The van der Waals surface area contributed by atoms with Gasteiger partial charge in [-0.15, -0.1) is 11.6 Å². The van der Waals surface area contributed by atoms with Crippen LogP contribution < -0.4 is 0 Å². The summed E-state index contributed by atoms with van der Waals surface area (Å²) in [5.41, 5.74) is 0. The largest absolute Gasteiger partial charge is 0.348 e. The first-order valence-corrected chi connectivity index (χ1v) is 4.62. The second-order valence-electron chi connectivity index (χ2n) is 3.71. The van der Waals surface area contributed by atoms with E-state index in [1.807, 2.05) is 13.8 Å². The van der Waals surface area contributed by atoms with Gasteiger partial charge in [-0.3, -0.25) is 0 Å². The zero-order valence-corrected chi connectivity index (χ0v) is 8.00. The number of rotatable bonds is 0. The van der Waals surface area contributed by atoms with Gasteiger partial charge in [0.05, 0.1) is 12.0 Å². The van der Waals surface area contributed by atoms with Gasteiger partial charge in [0, 0.05) is 0 Å². The minimum absolute atomic E-state index is 0.0104. The molecule has 2 aliphatic rings. The molecule has 0 aliphatic carbocycles. The fourth-order valence-corrected chi connectivity index (χ4v) is 1.87. The topological polar surface area (TPSA) is 27.7 Å². The van der Waals surface area contributed by atoms with E-state index in [-0.39, 0.29) is 17.8 Å². The van der Waals surface area contributed by atoms with Crippen LogP contribution in [0.5, 0.6) is 0 Å². The minimum atomic E-state index is -0.518. The second-order valence-corrected chi connectivity index (χ2v) is 4.33. The van der Waals surface area contributed by atoms with E-state index in [9.17, 15) is 0 Å². The molecule has 2 fully saturated rings. The van der Waals surface area contributed by atoms with Crippen LogP contribution in [0, 0.1) is 0 Å². The third-order valence-corrected chi connectivity index (χ3v) is 2.37. The number of hydrogen-bond donors (Lipinski definition) is 0. The molecule has 0 saturated carbocycles. The van der Waals surface area contributed by atoms with Gasteiger partial charge in [-0.05, 0) is 20.3 Å². The molecular formula is C8H13ClO3. The van der Waals surface area contributed by atoms with Crippen LogP contribution in [0.25, 0.3) is 0 Å². The van der Waals surface area contributed by atoms with E-state index in [0.717, 1.165) is 6.42 Å². The highest BCUT2D eigenvalue weighted by Crippen LogP contribution is 2.34. The van der Waals surface area contributed by atoms with Crippen LogP contribution in [-0.2, 0) is 14.2 Å². The van der Waals surface area contributed by atoms with Crippen molar-refractivity contribution >= 4 is 11.6 Å². The standard InChI is InChI=1S/C8H13ClO3/c1-8(2)11-6-3-5(9)4-10-7(6)12-8/h5-7H,3-4H2,1-2H3. The van der Waals surface area contributed by atoms with Gasteiger partial charge < -0.3 is 14.2 Å². The van der Waals surface area contributed by atoms with E-state index >= 15 is 0 Å². The lowest BCUT2D eigenvalue weighted by molar-refractivity contribution is -0.191. The SMILES string of the molecule is CC1(C)OC2CC(Cl)COC2O1. The van der Waals surface area contributed by atoms with Gasteiger partial charge in [-0.2, -0.15) is 0 Å². The second kappa shape index (κ2) is 2.84. The zero-order chi connectivity index (χ0) is 8.77. The fraction of sp³-hybridized carbons (Fsp3) is 1.00. The third-order valence-electron chi connectivity index (χ3n) is 2.07. The predicted molar refractivity (Wildman–Crippen MR) is 44.0 cm³/mol. The van der Waals surface area contributed by atoms with Gasteiger partial charge in [0.25, 0.3) is 0 Å². The summed E-state index contributed by atoms with van der Waals surface area (Å²) in [7, 11) is 0. The lowest BCUT2D eigenvalue weighted by Gasteiger charge is -2.25. The molecule has 70 valence electrons. The average Bonchev–Trinajstić information content (AvgIpc) is 2.21. The number of ether oxygens (including phenoxy) is 3. The number of hydrogen-bond acceptors (Lipinski definition) is 3. The molecule has 12 heavy (non-hydrogen) atoms. The Hall–Kier alpha value is 0.170. The Morgan fingerprint density at radius 2 is 2.08 bits per heavy atom. The van der Waals surface area contributed by atoms with Gasteiger partial charge in [0.2, 0.25) is 0 Å². The predicted octanol–water partition coefficient (Wildman–Crippen LogP) is 1.49. The van der Waals surface area contributed by atoms with Crippen LogP contribution in [-0.4, -0.2) is 30.2 Å². The molecule has 3 unspecified atom stereocenters. The molecule has 0 aromatic heterocycles. The summed E-state index contributed by atoms with van der Waals surface area (Å²) >= 11 is 5.92. The van der Waals surface area contributed by atoms with E-state index in [1.54, 1.807) is 0 Å². The van der Waals surface area contributed by atoms with Crippen LogP contribution in [0.3, 0.4) is 0 Å². The first kappa shape index (κ1) is 8.75. The van der Waals surface area contributed by atoms with Crippen LogP contribution in [0.1, 0.15) is 20.3 Å². The van der Waals surface area contributed by atoms with Crippen molar-refractivity contribution in [1.82, 2.24) is 0 Å². The molecule has 2 saturated heterocycles. The zero-order valence-electron chi connectivity index (χ0n) is 7.25. The molecule has 0 bridgehead atoms. The maximum Gasteiger partial charge on any atom is 0.187 e. The van der Waals surface area contributed by atoms with Gasteiger partial charge in [0.15, 0.2) is 12.1 Å². The lowest BCUT2D eigenvalue weighted by Crippen LogP contribution is -2.36. The van der Waals surface area contributed by atoms with Crippen molar-refractivity contribution in [2.24, 2.45) is 0 Å². The Balaban J connectivity index is 2.02. The van der Waals surface area contributed by atoms with Crippen molar-refractivity contribution in [1.29, 1.82) is 0 Å². The van der Waals surface area contributed by atoms with Crippen molar-refractivity contribution in [3.63, 3.8) is 0 Å². The van der Waals surface area contributed by atoms with E-state index in [0.29, 0.717) is 6.61 Å². The van der Waals surface area contributed by atoms with Crippen molar-refractivity contribution in [2.75, 3.05) is 6.61 Å². The Labute approximate surface area is 76.9 Å². The maximum atomic E-state index is 5.92. The first-order chi connectivity index (χ1) is 5.57. The summed E-state index contributed by atoms with van der Waals surface area (Å²) in [6.07, 6.45) is 0.613. The summed E-state index contributed by atoms with van der Waals surface area (Å²) in [5.74, 6) is -0.518. The summed E-state index contributed by atoms with van der Waals surface area (Å²) in [6.45, 7) is 4.33. The first-order valence-electron chi connectivity index (χ1n) is 4.18. The van der Waals surface area contributed by atoms with E-state index < -0.39 is 5.79 Å². The maximum absolute atomic E-state index is 5.92. The van der Waals surface area contributed by atoms with Crippen molar-refractivity contribution in [2.45, 2.75) is 43.8 Å². The van der Waals surface area contributed by atoms with Gasteiger partial charge in [-0.1, -0.05) is 0 Å². The molecule has 0 amide bonds. The molecule has 0 aromatic rings. The number of fused-ring (bicyclic) bond motifs is 1.